The molecular weight excluding hydrogens is 340 g/mol. The summed E-state index contributed by atoms with van der Waals surface area (Å²) in [6.07, 6.45) is -2.15. The van der Waals surface area contributed by atoms with Gasteiger partial charge in [-0.05, 0) is 35.4 Å². The summed E-state index contributed by atoms with van der Waals surface area (Å²) in [4.78, 5) is 3.64. The highest BCUT2D eigenvalue weighted by atomic mass is 79.9. The fourth-order valence-corrected chi connectivity index (χ4v) is 2.23. The van der Waals surface area contributed by atoms with Crippen molar-refractivity contribution >= 4 is 15.9 Å². The second-order valence-electron chi connectivity index (χ2n) is 4.15. The van der Waals surface area contributed by atoms with Crippen LogP contribution in [0.15, 0.2) is 41.1 Å². The Kier molecular flexibility index (Phi) is 4.10. The van der Waals surface area contributed by atoms with Crippen molar-refractivity contribution in [1.82, 2.24) is 4.98 Å². The summed E-state index contributed by atoms with van der Waals surface area (Å²) in [5.41, 5.74) is 5.60. The van der Waals surface area contributed by atoms with E-state index in [-0.39, 0.29) is 5.56 Å². The molecule has 0 radical (unpaired) electrons. The molecule has 1 aromatic carbocycles. The Balaban J connectivity index is 2.46. The maximum Gasteiger partial charge on any atom is 0.416 e. The molecule has 7 heteroatoms. The summed E-state index contributed by atoms with van der Waals surface area (Å²) in [6, 6.07) is 3.40. The molecule has 0 amide bonds. The van der Waals surface area contributed by atoms with Gasteiger partial charge in [-0.1, -0.05) is 15.9 Å². The third-order valence-corrected chi connectivity index (χ3v) is 3.47. The van der Waals surface area contributed by atoms with E-state index >= 15 is 0 Å². The molecule has 0 saturated heterocycles. The molecule has 0 aliphatic heterocycles. The average Bonchev–Trinajstić information content (AvgIpc) is 2.37. The van der Waals surface area contributed by atoms with Crippen molar-refractivity contribution in [3.05, 3.63) is 63.6 Å². The Morgan fingerprint density at radius 2 is 1.85 bits per heavy atom. The lowest BCUT2D eigenvalue weighted by Crippen LogP contribution is -2.15. The van der Waals surface area contributed by atoms with Crippen LogP contribution in [0.25, 0.3) is 0 Å². The van der Waals surface area contributed by atoms with Gasteiger partial charge in [-0.15, -0.1) is 0 Å². The Morgan fingerprint density at radius 3 is 2.45 bits per heavy atom. The van der Waals surface area contributed by atoms with Crippen LogP contribution in [0, 0.1) is 5.82 Å². The zero-order valence-electron chi connectivity index (χ0n) is 9.96. The Morgan fingerprint density at radius 1 is 1.15 bits per heavy atom. The molecule has 106 valence electrons. The summed E-state index contributed by atoms with van der Waals surface area (Å²) >= 11 is 3.15. The molecule has 2 N–H and O–H groups in total. The predicted molar refractivity (Wildman–Crippen MR) is 69.4 cm³/mol. The fraction of sp³-hybridized carbons (Fsp3) is 0.154. The number of hydrogen-bond donors (Lipinski definition) is 1. The number of aromatic nitrogens is 1. The van der Waals surface area contributed by atoms with Crippen LogP contribution in [0.5, 0.6) is 0 Å². The molecular formula is C13H9BrF4N2. The third kappa shape index (κ3) is 3.16. The number of nitrogens with zero attached hydrogens (tertiary/aromatic N) is 1. The SMILES string of the molecule is NC(c1cncc(F)c1)c1cc(C(F)(F)F)ccc1Br. The lowest BCUT2D eigenvalue weighted by molar-refractivity contribution is -0.137. The highest BCUT2D eigenvalue weighted by molar-refractivity contribution is 9.10. The second-order valence-corrected chi connectivity index (χ2v) is 5.00. The molecule has 2 aromatic rings. The molecule has 0 bridgehead atoms. The average molecular weight is 349 g/mol. The highest BCUT2D eigenvalue weighted by Crippen LogP contribution is 2.34. The number of nitrogens with two attached hydrogens (primary N) is 1. The zero-order valence-corrected chi connectivity index (χ0v) is 11.5. The van der Waals surface area contributed by atoms with Gasteiger partial charge in [-0.3, -0.25) is 4.98 Å². The molecule has 1 heterocycles. The lowest BCUT2D eigenvalue weighted by Gasteiger charge is -2.16. The van der Waals surface area contributed by atoms with E-state index in [1.165, 1.54) is 12.3 Å². The molecule has 2 rings (SSSR count). The first kappa shape index (κ1) is 14.9. The predicted octanol–water partition coefficient (Wildman–Crippen LogP) is 4.05. The van der Waals surface area contributed by atoms with Crippen molar-refractivity contribution < 1.29 is 17.6 Å². The first-order chi connectivity index (χ1) is 9.29. The van der Waals surface area contributed by atoms with Crippen LogP contribution >= 0.6 is 15.9 Å². The topological polar surface area (TPSA) is 38.9 Å². The number of alkyl halides is 3. The first-order valence-corrected chi connectivity index (χ1v) is 6.31. The van der Waals surface area contributed by atoms with Gasteiger partial charge in [0.05, 0.1) is 17.8 Å². The van der Waals surface area contributed by atoms with Crippen molar-refractivity contribution in [2.75, 3.05) is 0 Å². The quantitative estimate of drug-likeness (QED) is 0.831. The van der Waals surface area contributed by atoms with Gasteiger partial charge >= 0.3 is 6.18 Å². The van der Waals surface area contributed by atoms with Gasteiger partial charge < -0.3 is 5.73 Å². The first-order valence-electron chi connectivity index (χ1n) is 5.51. The smallest absolute Gasteiger partial charge is 0.320 e. The molecule has 1 unspecified atom stereocenters. The summed E-state index contributed by atoms with van der Waals surface area (Å²) in [5.74, 6) is -0.596. The fourth-order valence-electron chi connectivity index (χ4n) is 1.74. The van der Waals surface area contributed by atoms with Gasteiger partial charge in [0.2, 0.25) is 0 Å². The third-order valence-electron chi connectivity index (χ3n) is 2.74. The van der Waals surface area contributed by atoms with E-state index in [1.807, 2.05) is 0 Å². The molecule has 20 heavy (non-hydrogen) atoms. The Labute approximate surface area is 120 Å². The maximum absolute atomic E-state index is 13.1. The number of rotatable bonds is 2. The van der Waals surface area contributed by atoms with Crippen molar-refractivity contribution in [3.63, 3.8) is 0 Å². The monoisotopic (exact) mass is 348 g/mol. The minimum absolute atomic E-state index is 0.215. The Bertz CT molecular complexity index is 628. The molecule has 1 aromatic heterocycles. The van der Waals surface area contributed by atoms with Gasteiger partial charge in [0.15, 0.2) is 0 Å². The van der Waals surface area contributed by atoms with Gasteiger partial charge in [0, 0.05) is 10.7 Å². The van der Waals surface area contributed by atoms with Crippen LogP contribution in [0.4, 0.5) is 17.6 Å². The highest BCUT2D eigenvalue weighted by Gasteiger charge is 2.31. The Hall–Kier alpha value is -1.47. The van der Waals surface area contributed by atoms with E-state index in [1.54, 1.807) is 0 Å². The van der Waals surface area contributed by atoms with Gasteiger partial charge in [-0.25, -0.2) is 4.39 Å². The normalized spacial score (nSPS) is 13.3. The van der Waals surface area contributed by atoms with Crippen molar-refractivity contribution in [2.45, 2.75) is 12.2 Å². The number of hydrogen-bond acceptors (Lipinski definition) is 2. The van der Waals surface area contributed by atoms with E-state index < -0.39 is 23.6 Å². The van der Waals surface area contributed by atoms with Crippen LogP contribution in [0.3, 0.4) is 0 Å². The minimum Gasteiger partial charge on any atom is -0.320 e. The second kappa shape index (κ2) is 5.49. The number of pyridine rings is 1. The van der Waals surface area contributed by atoms with E-state index in [9.17, 15) is 17.6 Å². The van der Waals surface area contributed by atoms with E-state index in [2.05, 4.69) is 20.9 Å². The van der Waals surface area contributed by atoms with Crippen molar-refractivity contribution in [2.24, 2.45) is 5.73 Å². The molecule has 0 fully saturated rings. The number of benzene rings is 1. The summed E-state index contributed by atoms with van der Waals surface area (Å²) in [6.45, 7) is 0. The maximum atomic E-state index is 13.1. The van der Waals surface area contributed by atoms with Crippen LogP contribution in [0.1, 0.15) is 22.7 Å². The van der Waals surface area contributed by atoms with E-state index in [4.69, 9.17) is 5.73 Å². The molecule has 0 spiro atoms. The van der Waals surface area contributed by atoms with Crippen molar-refractivity contribution in [3.8, 4) is 0 Å². The minimum atomic E-state index is -4.46. The van der Waals surface area contributed by atoms with Gasteiger partial charge in [0.25, 0.3) is 0 Å². The largest absolute Gasteiger partial charge is 0.416 e. The zero-order chi connectivity index (χ0) is 14.9. The van der Waals surface area contributed by atoms with Crippen LogP contribution < -0.4 is 5.73 Å². The van der Waals surface area contributed by atoms with Crippen molar-refractivity contribution in [1.29, 1.82) is 0 Å². The van der Waals surface area contributed by atoms with Gasteiger partial charge in [0.1, 0.15) is 5.82 Å². The molecule has 1 atom stereocenters. The van der Waals surface area contributed by atoms with Crippen LogP contribution in [-0.4, -0.2) is 4.98 Å². The van der Waals surface area contributed by atoms with E-state index in [0.29, 0.717) is 10.0 Å². The molecule has 2 nitrogen and oxygen atoms in total. The van der Waals surface area contributed by atoms with Crippen LogP contribution in [-0.2, 0) is 6.18 Å². The summed E-state index contributed by atoms with van der Waals surface area (Å²) in [5, 5.41) is 0. The van der Waals surface area contributed by atoms with E-state index in [0.717, 1.165) is 24.4 Å². The summed E-state index contributed by atoms with van der Waals surface area (Å²) < 4.78 is 51.6. The van der Waals surface area contributed by atoms with Gasteiger partial charge in [-0.2, -0.15) is 13.2 Å². The standard InChI is InChI=1S/C13H9BrF4N2/c14-11-2-1-8(13(16,17)18)4-10(11)12(19)7-3-9(15)6-20-5-7/h1-6,12H,19H2. The van der Waals surface area contributed by atoms with Crippen LogP contribution in [0.2, 0.25) is 0 Å². The lowest BCUT2D eigenvalue weighted by atomic mass is 9.99. The molecule has 0 aliphatic rings. The number of halogens is 5. The molecule has 0 saturated carbocycles. The summed E-state index contributed by atoms with van der Waals surface area (Å²) in [7, 11) is 0. The molecule has 0 aliphatic carbocycles.